The van der Waals surface area contributed by atoms with Crippen molar-refractivity contribution >= 4 is 44.3 Å². The summed E-state index contributed by atoms with van der Waals surface area (Å²) in [6.45, 7) is 5.11. The number of benzene rings is 2. The Morgan fingerprint density at radius 2 is 1.70 bits per heavy atom. The number of thioether (sulfide) groups is 1. The molecule has 0 spiro atoms. The minimum absolute atomic E-state index is 0.0951. The van der Waals surface area contributed by atoms with Gasteiger partial charge in [-0.05, 0) is 68.7 Å². The highest BCUT2D eigenvalue weighted by molar-refractivity contribution is 7.99. The van der Waals surface area contributed by atoms with Gasteiger partial charge >= 0.3 is 0 Å². The van der Waals surface area contributed by atoms with E-state index in [1.165, 1.54) is 11.8 Å². The summed E-state index contributed by atoms with van der Waals surface area (Å²) in [7, 11) is -3.51. The number of anilines is 1. The fraction of sp³-hybridized carbons (Fsp3) is 0.360. The number of sulfonamides is 1. The van der Waals surface area contributed by atoms with Crippen LogP contribution in [0.3, 0.4) is 0 Å². The molecule has 6 nitrogen and oxygen atoms in total. The van der Waals surface area contributed by atoms with E-state index < -0.39 is 10.0 Å². The second kappa shape index (κ2) is 10.2. The van der Waals surface area contributed by atoms with Gasteiger partial charge in [0, 0.05) is 24.2 Å². The topological polar surface area (TPSA) is 79.4 Å². The SMILES string of the molecule is Cc1ccc(NC(=O)CSc2cc(C)c3cc(S(=O)(=O)N4CCCCCC4)ccc3n2)cc1. The van der Waals surface area contributed by atoms with Gasteiger partial charge in [-0.1, -0.05) is 42.3 Å². The maximum absolute atomic E-state index is 13.2. The average molecular weight is 484 g/mol. The van der Waals surface area contributed by atoms with Crippen molar-refractivity contribution in [2.45, 2.75) is 49.5 Å². The summed E-state index contributed by atoms with van der Waals surface area (Å²) < 4.78 is 27.9. The maximum Gasteiger partial charge on any atom is 0.243 e. The second-order valence-corrected chi connectivity index (χ2v) is 11.4. The van der Waals surface area contributed by atoms with Crippen molar-refractivity contribution in [2.75, 3.05) is 24.2 Å². The van der Waals surface area contributed by atoms with Crippen molar-refractivity contribution in [1.82, 2.24) is 9.29 Å². The molecule has 33 heavy (non-hydrogen) atoms. The van der Waals surface area contributed by atoms with Crippen molar-refractivity contribution in [2.24, 2.45) is 0 Å². The number of nitrogens with zero attached hydrogens (tertiary/aromatic N) is 2. The van der Waals surface area contributed by atoms with E-state index in [1.54, 1.807) is 22.5 Å². The smallest absolute Gasteiger partial charge is 0.243 e. The number of rotatable bonds is 6. The van der Waals surface area contributed by atoms with Crippen LogP contribution < -0.4 is 5.32 Å². The van der Waals surface area contributed by atoms with Crippen LogP contribution in [0.25, 0.3) is 10.9 Å². The first kappa shape index (κ1) is 23.7. The number of amides is 1. The number of carbonyl (C=O) groups excluding carboxylic acids is 1. The summed E-state index contributed by atoms with van der Waals surface area (Å²) in [4.78, 5) is 17.3. The summed E-state index contributed by atoms with van der Waals surface area (Å²) in [6, 6.07) is 14.7. The van der Waals surface area contributed by atoms with Crippen LogP contribution in [-0.2, 0) is 14.8 Å². The van der Waals surface area contributed by atoms with Gasteiger partial charge in [0.2, 0.25) is 15.9 Å². The monoisotopic (exact) mass is 483 g/mol. The molecule has 8 heteroatoms. The molecule has 1 saturated heterocycles. The molecule has 4 rings (SSSR count). The quantitative estimate of drug-likeness (QED) is 0.491. The molecular weight excluding hydrogens is 454 g/mol. The highest BCUT2D eigenvalue weighted by Crippen LogP contribution is 2.28. The van der Waals surface area contributed by atoms with Crippen LogP contribution in [0.2, 0.25) is 0 Å². The molecule has 1 amide bonds. The van der Waals surface area contributed by atoms with Gasteiger partial charge in [0.1, 0.15) is 0 Å². The van der Waals surface area contributed by atoms with E-state index in [1.807, 2.05) is 44.2 Å². The number of nitrogens with one attached hydrogen (secondary N) is 1. The highest BCUT2D eigenvalue weighted by Gasteiger charge is 2.25. The highest BCUT2D eigenvalue weighted by atomic mass is 32.2. The van der Waals surface area contributed by atoms with Gasteiger partial charge in [0.25, 0.3) is 0 Å². The van der Waals surface area contributed by atoms with E-state index in [9.17, 15) is 13.2 Å². The Bertz CT molecular complexity index is 1250. The second-order valence-electron chi connectivity index (χ2n) is 8.48. The Hall–Kier alpha value is -2.42. The molecule has 1 aliphatic heterocycles. The predicted molar refractivity (Wildman–Crippen MR) is 134 cm³/mol. The predicted octanol–water partition coefficient (Wildman–Crippen LogP) is 5.15. The van der Waals surface area contributed by atoms with Gasteiger partial charge in [0.05, 0.1) is 21.2 Å². The van der Waals surface area contributed by atoms with Crippen LogP contribution in [0.15, 0.2) is 58.5 Å². The van der Waals surface area contributed by atoms with Gasteiger partial charge in [0.15, 0.2) is 0 Å². The van der Waals surface area contributed by atoms with E-state index in [-0.39, 0.29) is 11.7 Å². The Labute approximate surface area is 199 Å². The number of fused-ring (bicyclic) bond motifs is 1. The normalized spacial score (nSPS) is 15.3. The third-order valence-corrected chi connectivity index (χ3v) is 8.66. The molecule has 0 atom stereocenters. The molecule has 0 aliphatic carbocycles. The van der Waals surface area contributed by atoms with E-state index in [0.29, 0.717) is 18.0 Å². The molecule has 0 unspecified atom stereocenters. The van der Waals surface area contributed by atoms with Crippen LogP contribution in [0, 0.1) is 13.8 Å². The van der Waals surface area contributed by atoms with E-state index >= 15 is 0 Å². The third-order valence-electron chi connectivity index (χ3n) is 5.85. The Morgan fingerprint density at radius 3 is 2.39 bits per heavy atom. The maximum atomic E-state index is 13.2. The number of aromatic nitrogens is 1. The Morgan fingerprint density at radius 1 is 1.00 bits per heavy atom. The number of pyridine rings is 1. The molecule has 2 heterocycles. The molecule has 174 valence electrons. The fourth-order valence-electron chi connectivity index (χ4n) is 3.98. The summed E-state index contributed by atoms with van der Waals surface area (Å²) in [5, 5.41) is 4.45. The van der Waals surface area contributed by atoms with Gasteiger partial charge in [-0.15, -0.1) is 0 Å². The van der Waals surface area contributed by atoms with Gasteiger partial charge < -0.3 is 5.32 Å². The minimum atomic E-state index is -3.51. The lowest BCUT2D eigenvalue weighted by Gasteiger charge is -2.20. The number of carbonyl (C=O) groups is 1. The van der Waals surface area contributed by atoms with E-state index in [0.717, 1.165) is 58.4 Å². The summed E-state index contributed by atoms with van der Waals surface area (Å²) in [5.41, 5.74) is 3.58. The standard InChI is InChI=1S/C25H29N3O3S2/c1-18-7-9-20(10-8-18)26-24(29)17-32-25-15-19(2)22-16-21(11-12-23(22)27-25)33(30,31)28-13-5-3-4-6-14-28/h7-12,15-16H,3-6,13-14,17H2,1-2H3,(H,26,29). The Kier molecular flexibility index (Phi) is 7.36. The zero-order valence-electron chi connectivity index (χ0n) is 19.0. The summed E-state index contributed by atoms with van der Waals surface area (Å²) in [6.07, 6.45) is 3.98. The first-order chi connectivity index (χ1) is 15.8. The summed E-state index contributed by atoms with van der Waals surface area (Å²) in [5.74, 6) is 0.148. The van der Waals surface area contributed by atoms with Crippen LogP contribution in [0.1, 0.15) is 36.8 Å². The molecule has 0 radical (unpaired) electrons. The van der Waals surface area contributed by atoms with Gasteiger partial charge in [-0.3, -0.25) is 4.79 Å². The van der Waals surface area contributed by atoms with Crippen molar-refractivity contribution in [3.8, 4) is 0 Å². The van der Waals surface area contributed by atoms with Crippen molar-refractivity contribution < 1.29 is 13.2 Å². The first-order valence-electron chi connectivity index (χ1n) is 11.2. The molecule has 1 aromatic heterocycles. The molecular formula is C25H29N3O3S2. The van der Waals surface area contributed by atoms with Crippen molar-refractivity contribution in [1.29, 1.82) is 0 Å². The molecule has 1 aliphatic rings. The Balaban J connectivity index is 1.48. The molecule has 1 fully saturated rings. The van der Waals surface area contributed by atoms with Crippen LogP contribution in [0.4, 0.5) is 5.69 Å². The lowest BCUT2D eigenvalue weighted by atomic mass is 10.1. The first-order valence-corrected chi connectivity index (χ1v) is 13.7. The van der Waals surface area contributed by atoms with Crippen LogP contribution >= 0.6 is 11.8 Å². The molecule has 0 saturated carbocycles. The minimum Gasteiger partial charge on any atom is -0.325 e. The van der Waals surface area contributed by atoms with Gasteiger partial charge in [-0.25, -0.2) is 13.4 Å². The molecule has 0 bridgehead atoms. The molecule has 2 aromatic carbocycles. The fourth-order valence-corrected chi connectivity index (χ4v) is 6.30. The molecule has 1 N–H and O–H groups in total. The van der Waals surface area contributed by atoms with Crippen molar-refractivity contribution in [3.05, 3.63) is 59.7 Å². The van der Waals surface area contributed by atoms with E-state index in [4.69, 9.17) is 0 Å². The van der Waals surface area contributed by atoms with Gasteiger partial charge in [-0.2, -0.15) is 4.31 Å². The lowest BCUT2D eigenvalue weighted by molar-refractivity contribution is -0.113. The number of hydrogen-bond acceptors (Lipinski definition) is 5. The van der Waals surface area contributed by atoms with Crippen LogP contribution in [-0.4, -0.2) is 42.5 Å². The number of hydrogen-bond donors (Lipinski definition) is 1. The largest absolute Gasteiger partial charge is 0.325 e. The van der Waals surface area contributed by atoms with Crippen LogP contribution in [0.5, 0.6) is 0 Å². The third kappa shape index (κ3) is 5.75. The zero-order valence-corrected chi connectivity index (χ0v) is 20.6. The summed E-state index contributed by atoms with van der Waals surface area (Å²) >= 11 is 1.37. The zero-order chi connectivity index (χ0) is 23.4. The molecule has 3 aromatic rings. The lowest BCUT2D eigenvalue weighted by Crippen LogP contribution is -2.31. The van der Waals surface area contributed by atoms with Crippen molar-refractivity contribution in [3.63, 3.8) is 0 Å². The average Bonchev–Trinajstić information content (AvgIpc) is 3.09. The number of aryl methyl sites for hydroxylation is 2. The van der Waals surface area contributed by atoms with E-state index in [2.05, 4.69) is 10.3 Å².